The van der Waals surface area contributed by atoms with Crippen LogP contribution in [0, 0.1) is 19.3 Å². The molecule has 0 spiro atoms. The van der Waals surface area contributed by atoms with Crippen LogP contribution in [0.2, 0.25) is 0 Å². The minimum Gasteiger partial charge on any atom is -0.493 e. The molecule has 3 rings (SSSR count). The molecule has 0 radical (unpaired) electrons. The molecule has 188 valence electrons. The van der Waals surface area contributed by atoms with Crippen molar-refractivity contribution in [1.29, 1.82) is 0 Å². The van der Waals surface area contributed by atoms with Gasteiger partial charge in [-0.05, 0) is 86.4 Å². The number of amides is 2. The lowest BCUT2D eigenvalue weighted by molar-refractivity contribution is -0.128. The van der Waals surface area contributed by atoms with E-state index in [-0.39, 0.29) is 16.9 Å². The van der Waals surface area contributed by atoms with Crippen LogP contribution in [0.4, 0.5) is 11.4 Å². The average Bonchev–Trinajstić information content (AvgIpc) is 2.84. The van der Waals surface area contributed by atoms with Gasteiger partial charge in [0.25, 0.3) is 5.91 Å². The highest BCUT2D eigenvalue weighted by Crippen LogP contribution is 2.24. The number of carbonyl (C=O) groups is 2. The zero-order valence-corrected chi connectivity index (χ0v) is 22.0. The first-order valence-corrected chi connectivity index (χ1v) is 12.3. The molecule has 0 fully saturated rings. The van der Waals surface area contributed by atoms with Crippen LogP contribution in [0.3, 0.4) is 0 Å². The molecule has 7 heteroatoms. The summed E-state index contributed by atoms with van der Waals surface area (Å²) in [5.41, 5.74) is 3.41. The Labute approximate surface area is 218 Å². The number of ether oxygens (including phenoxy) is 1. The van der Waals surface area contributed by atoms with Crippen LogP contribution in [0.15, 0.2) is 72.8 Å². The number of hydrogen-bond donors (Lipinski definition) is 3. The minimum absolute atomic E-state index is 0.176. The molecule has 0 aliphatic carbocycles. The summed E-state index contributed by atoms with van der Waals surface area (Å²) in [4.78, 5) is 25.4. The first-order chi connectivity index (χ1) is 17.1. The molecule has 36 heavy (non-hydrogen) atoms. The van der Waals surface area contributed by atoms with Gasteiger partial charge >= 0.3 is 0 Å². The smallest absolute Gasteiger partial charge is 0.255 e. The Hall–Kier alpha value is -3.71. The van der Waals surface area contributed by atoms with E-state index < -0.39 is 5.41 Å². The van der Waals surface area contributed by atoms with Crippen molar-refractivity contribution in [3.05, 3.63) is 89.5 Å². The highest BCUT2D eigenvalue weighted by Gasteiger charge is 2.28. The van der Waals surface area contributed by atoms with Crippen LogP contribution in [-0.2, 0) is 4.79 Å². The monoisotopic (exact) mass is 503 g/mol. The summed E-state index contributed by atoms with van der Waals surface area (Å²) in [7, 11) is 0. The van der Waals surface area contributed by atoms with E-state index in [9.17, 15) is 9.59 Å². The molecule has 0 saturated heterocycles. The Morgan fingerprint density at radius 1 is 0.889 bits per heavy atom. The Balaban J connectivity index is 1.48. The molecule has 0 saturated carbocycles. The van der Waals surface area contributed by atoms with Gasteiger partial charge in [-0.2, -0.15) is 0 Å². The van der Waals surface area contributed by atoms with Crippen molar-refractivity contribution in [1.82, 2.24) is 5.32 Å². The Bertz CT molecular complexity index is 1230. The van der Waals surface area contributed by atoms with Gasteiger partial charge in [0.15, 0.2) is 5.11 Å². The van der Waals surface area contributed by atoms with Gasteiger partial charge in [0, 0.05) is 22.4 Å². The number of nitrogens with one attached hydrogen (secondary N) is 3. The van der Waals surface area contributed by atoms with Gasteiger partial charge < -0.3 is 20.7 Å². The van der Waals surface area contributed by atoms with Gasteiger partial charge in [0.2, 0.25) is 5.91 Å². The highest BCUT2D eigenvalue weighted by atomic mass is 32.1. The van der Waals surface area contributed by atoms with E-state index in [1.807, 2.05) is 70.2 Å². The Kier molecular flexibility index (Phi) is 9.19. The first kappa shape index (κ1) is 26.9. The third-order valence-corrected chi connectivity index (χ3v) is 6.01. The lowest BCUT2D eigenvalue weighted by Crippen LogP contribution is -2.42. The summed E-state index contributed by atoms with van der Waals surface area (Å²) in [6.07, 6.45) is 1.37. The lowest BCUT2D eigenvalue weighted by atomic mass is 9.87. The molecular formula is C29H33N3O3S. The van der Waals surface area contributed by atoms with Crippen LogP contribution >= 0.6 is 12.2 Å². The number of rotatable bonds is 9. The fraction of sp³-hybridized carbons (Fsp3) is 0.276. The van der Waals surface area contributed by atoms with Gasteiger partial charge in [0.1, 0.15) is 5.75 Å². The van der Waals surface area contributed by atoms with Gasteiger partial charge in [-0.15, -0.1) is 0 Å². The van der Waals surface area contributed by atoms with Crippen molar-refractivity contribution in [3.8, 4) is 5.75 Å². The van der Waals surface area contributed by atoms with E-state index in [4.69, 9.17) is 17.0 Å². The van der Waals surface area contributed by atoms with Crippen LogP contribution in [0.5, 0.6) is 5.75 Å². The minimum atomic E-state index is -0.631. The molecule has 0 heterocycles. The van der Waals surface area contributed by atoms with Crippen molar-refractivity contribution in [2.75, 3.05) is 17.2 Å². The highest BCUT2D eigenvalue weighted by molar-refractivity contribution is 7.80. The molecule has 6 nitrogen and oxygen atoms in total. The summed E-state index contributed by atoms with van der Waals surface area (Å²) in [5.74, 6) is 0.469. The average molecular weight is 504 g/mol. The fourth-order valence-electron chi connectivity index (χ4n) is 3.57. The van der Waals surface area contributed by atoms with E-state index >= 15 is 0 Å². The molecule has 2 amide bonds. The van der Waals surface area contributed by atoms with E-state index in [0.29, 0.717) is 30.0 Å². The maximum Gasteiger partial charge on any atom is 0.255 e. The number of hydrogen-bond acceptors (Lipinski definition) is 4. The maximum atomic E-state index is 12.9. The largest absolute Gasteiger partial charge is 0.493 e. The summed E-state index contributed by atoms with van der Waals surface area (Å²) in [6.45, 7) is 8.36. The van der Waals surface area contributed by atoms with E-state index in [0.717, 1.165) is 23.3 Å². The number of benzene rings is 3. The van der Waals surface area contributed by atoms with E-state index in [1.54, 1.807) is 24.3 Å². The van der Waals surface area contributed by atoms with Crippen molar-refractivity contribution in [2.45, 2.75) is 40.5 Å². The molecule has 0 aliphatic heterocycles. The number of anilines is 2. The molecule has 3 N–H and O–H groups in total. The number of carbonyl (C=O) groups excluding carboxylic acids is 2. The van der Waals surface area contributed by atoms with Gasteiger partial charge in [0.05, 0.1) is 6.61 Å². The second kappa shape index (κ2) is 12.3. The van der Waals surface area contributed by atoms with Gasteiger partial charge in [-0.1, -0.05) is 50.2 Å². The second-order valence-corrected chi connectivity index (χ2v) is 9.82. The molecular weight excluding hydrogens is 470 g/mol. The molecule has 3 aromatic rings. The van der Waals surface area contributed by atoms with Crippen molar-refractivity contribution in [3.63, 3.8) is 0 Å². The topological polar surface area (TPSA) is 79.5 Å². The Morgan fingerprint density at radius 3 is 2.36 bits per heavy atom. The van der Waals surface area contributed by atoms with Crippen LogP contribution in [-0.4, -0.2) is 23.5 Å². The van der Waals surface area contributed by atoms with Crippen LogP contribution in [0.1, 0.15) is 48.2 Å². The van der Waals surface area contributed by atoms with Crippen LogP contribution in [0.25, 0.3) is 0 Å². The number of thiocarbonyl (C=S) groups is 1. The SMILES string of the molecule is Cc1ccc(C)c(OCCCC(C)(C)C(=O)NC(=S)Nc2cccc(C(=O)Nc3ccccc3)c2)c1. The molecule has 0 unspecified atom stereocenters. The quantitative estimate of drug-likeness (QED) is 0.237. The summed E-state index contributed by atoms with van der Waals surface area (Å²) < 4.78 is 5.92. The predicted octanol–water partition coefficient (Wildman–Crippen LogP) is 6.25. The van der Waals surface area contributed by atoms with Crippen molar-refractivity contribution < 1.29 is 14.3 Å². The first-order valence-electron chi connectivity index (χ1n) is 11.9. The second-order valence-electron chi connectivity index (χ2n) is 9.41. The van der Waals surface area contributed by atoms with Gasteiger partial charge in [-0.3, -0.25) is 9.59 Å². The van der Waals surface area contributed by atoms with Gasteiger partial charge in [-0.25, -0.2) is 0 Å². The van der Waals surface area contributed by atoms with Crippen molar-refractivity contribution >= 4 is 40.5 Å². The third kappa shape index (κ3) is 7.92. The van der Waals surface area contributed by atoms with E-state index in [2.05, 4.69) is 22.0 Å². The fourth-order valence-corrected chi connectivity index (χ4v) is 3.78. The molecule has 3 aromatic carbocycles. The lowest BCUT2D eigenvalue weighted by Gasteiger charge is -2.24. The molecule has 0 aromatic heterocycles. The Morgan fingerprint density at radius 2 is 1.61 bits per heavy atom. The molecule has 0 bridgehead atoms. The third-order valence-electron chi connectivity index (χ3n) is 5.80. The number of aryl methyl sites for hydroxylation is 2. The zero-order valence-electron chi connectivity index (χ0n) is 21.2. The standard InChI is InChI=1S/C29H33N3O3S/c1-20-14-15-21(2)25(18-20)35-17-9-16-29(3,4)27(34)32-28(36)31-24-13-8-10-22(19-24)26(33)30-23-11-6-5-7-12-23/h5-8,10-15,18-19H,9,16-17H2,1-4H3,(H,30,33)(H2,31,32,34,36). The summed E-state index contributed by atoms with van der Waals surface area (Å²) >= 11 is 5.35. The van der Waals surface area contributed by atoms with E-state index in [1.165, 1.54) is 0 Å². The number of para-hydroxylation sites is 1. The maximum absolute atomic E-state index is 12.9. The molecule has 0 atom stereocenters. The summed E-state index contributed by atoms with van der Waals surface area (Å²) in [5, 5.41) is 8.80. The zero-order chi connectivity index (χ0) is 26.1. The predicted molar refractivity (Wildman–Crippen MR) is 150 cm³/mol. The molecule has 0 aliphatic rings. The van der Waals surface area contributed by atoms with Crippen LogP contribution < -0.4 is 20.7 Å². The summed E-state index contributed by atoms with van der Waals surface area (Å²) in [6, 6.07) is 22.3. The van der Waals surface area contributed by atoms with Crippen molar-refractivity contribution in [2.24, 2.45) is 5.41 Å². The normalized spacial score (nSPS) is 10.9.